The summed E-state index contributed by atoms with van der Waals surface area (Å²) in [5.74, 6) is -2.15. The van der Waals surface area contributed by atoms with Gasteiger partial charge in [0.1, 0.15) is 5.01 Å². The molecule has 0 unspecified atom stereocenters. The van der Waals surface area contributed by atoms with E-state index < -0.39 is 18.0 Å². The van der Waals surface area contributed by atoms with Gasteiger partial charge in [-0.25, -0.2) is 0 Å². The van der Waals surface area contributed by atoms with E-state index in [-0.39, 0.29) is 24.7 Å². The molecule has 1 N–H and O–H groups in total. The van der Waals surface area contributed by atoms with Gasteiger partial charge in [0.05, 0.1) is 5.92 Å². The first-order chi connectivity index (χ1) is 9.77. The zero-order chi connectivity index (χ0) is 15.6. The van der Waals surface area contributed by atoms with Gasteiger partial charge in [-0.1, -0.05) is 31.6 Å². The number of alkyl halides is 3. The highest BCUT2D eigenvalue weighted by Crippen LogP contribution is 2.40. The minimum atomic E-state index is -4.22. The molecule has 1 aliphatic rings. The fourth-order valence-corrected chi connectivity index (χ4v) is 3.20. The van der Waals surface area contributed by atoms with Crippen molar-refractivity contribution < 1.29 is 18.0 Å². The summed E-state index contributed by atoms with van der Waals surface area (Å²) in [5, 5.41) is 11.5. The number of hydrogen-bond acceptors (Lipinski definition) is 4. The molecule has 0 bridgehead atoms. The molecule has 0 radical (unpaired) electrons. The number of nitrogens with one attached hydrogen (secondary N) is 1. The number of aromatic nitrogens is 2. The third kappa shape index (κ3) is 4.15. The van der Waals surface area contributed by atoms with Crippen molar-refractivity contribution in [2.75, 3.05) is 5.32 Å². The van der Waals surface area contributed by atoms with Crippen molar-refractivity contribution in [3.8, 4) is 0 Å². The molecule has 1 aromatic heterocycles. The SMILES string of the molecule is CC(C)c1nnc(NC(=O)[C@@H]2CCC[C@@H](C(F)(F)F)C2)s1. The van der Waals surface area contributed by atoms with E-state index in [9.17, 15) is 18.0 Å². The van der Waals surface area contributed by atoms with Crippen LogP contribution < -0.4 is 5.32 Å². The molecule has 4 nitrogen and oxygen atoms in total. The summed E-state index contributed by atoms with van der Waals surface area (Å²) in [6, 6.07) is 0. The van der Waals surface area contributed by atoms with E-state index in [1.807, 2.05) is 13.8 Å². The molecule has 0 saturated heterocycles. The van der Waals surface area contributed by atoms with Gasteiger partial charge >= 0.3 is 6.18 Å². The van der Waals surface area contributed by atoms with Gasteiger partial charge in [-0.2, -0.15) is 13.2 Å². The maximum atomic E-state index is 12.7. The highest BCUT2D eigenvalue weighted by atomic mass is 32.1. The first kappa shape index (κ1) is 16.2. The van der Waals surface area contributed by atoms with Gasteiger partial charge in [0.15, 0.2) is 0 Å². The maximum absolute atomic E-state index is 12.7. The zero-order valence-electron chi connectivity index (χ0n) is 11.9. The summed E-state index contributed by atoms with van der Waals surface area (Å²) < 4.78 is 38.2. The average molecular weight is 321 g/mol. The third-order valence-electron chi connectivity index (χ3n) is 3.67. The normalized spacial score (nSPS) is 23.3. The van der Waals surface area contributed by atoms with Crippen LogP contribution >= 0.6 is 11.3 Å². The molecule has 1 amide bonds. The van der Waals surface area contributed by atoms with E-state index in [4.69, 9.17) is 0 Å². The molecular weight excluding hydrogens is 303 g/mol. The summed E-state index contributed by atoms with van der Waals surface area (Å²) in [6.07, 6.45) is -3.31. The number of carbonyl (C=O) groups excluding carboxylic acids is 1. The molecule has 8 heteroatoms. The largest absolute Gasteiger partial charge is 0.391 e. The van der Waals surface area contributed by atoms with Crippen LogP contribution in [0.25, 0.3) is 0 Å². The summed E-state index contributed by atoms with van der Waals surface area (Å²) in [5.41, 5.74) is 0. The highest BCUT2D eigenvalue weighted by molar-refractivity contribution is 7.15. The first-order valence-corrected chi connectivity index (χ1v) is 7.80. The van der Waals surface area contributed by atoms with Crippen LogP contribution in [0.2, 0.25) is 0 Å². The average Bonchev–Trinajstić information content (AvgIpc) is 2.86. The Labute approximate surface area is 125 Å². The van der Waals surface area contributed by atoms with Crippen molar-refractivity contribution in [1.29, 1.82) is 0 Å². The lowest BCUT2D eigenvalue weighted by Crippen LogP contribution is -2.34. The molecule has 2 rings (SSSR count). The Bertz CT molecular complexity index is 501. The van der Waals surface area contributed by atoms with Gasteiger partial charge in [-0.05, 0) is 19.3 Å². The quantitative estimate of drug-likeness (QED) is 0.916. The Morgan fingerprint density at radius 1 is 1.33 bits per heavy atom. The van der Waals surface area contributed by atoms with E-state index in [1.54, 1.807) is 0 Å². The summed E-state index contributed by atoms with van der Waals surface area (Å²) in [7, 11) is 0. The topological polar surface area (TPSA) is 54.9 Å². The third-order valence-corrected chi connectivity index (χ3v) is 4.81. The number of nitrogens with zero attached hydrogens (tertiary/aromatic N) is 2. The standard InChI is InChI=1S/C13H18F3N3OS/c1-7(2)11-18-19-12(21-11)17-10(20)8-4-3-5-9(6-8)13(14,15)16/h7-9H,3-6H2,1-2H3,(H,17,19,20)/t8-,9-/m1/s1. The van der Waals surface area contributed by atoms with Crippen LogP contribution in [0.3, 0.4) is 0 Å². The fraction of sp³-hybridized carbons (Fsp3) is 0.769. The van der Waals surface area contributed by atoms with Gasteiger partial charge in [0.2, 0.25) is 11.0 Å². The lowest BCUT2D eigenvalue weighted by atomic mass is 9.80. The van der Waals surface area contributed by atoms with Crippen molar-refractivity contribution in [2.24, 2.45) is 11.8 Å². The van der Waals surface area contributed by atoms with Crippen molar-refractivity contribution in [3.63, 3.8) is 0 Å². The molecule has 0 aliphatic heterocycles. The fourth-order valence-electron chi connectivity index (χ4n) is 2.45. The lowest BCUT2D eigenvalue weighted by molar-refractivity contribution is -0.185. The molecule has 1 saturated carbocycles. The number of halogens is 3. The summed E-state index contributed by atoms with van der Waals surface area (Å²) in [4.78, 5) is 12.1. The lowest BCUT2D eigenvalue weighted by Gasteiger charge is -2.29. The predicted molar refractivity (Wildman–Crippen MR) is 74.1 cm³/mol. The van der Waals surface area contributed by atoms with Crippen LogP contribution in [-0.4, -0.2) is 22.3 Å². The van der Waals surface area contributed by atoms with Gasteiger partial charge in [0.25, 0.3) is 0 Å². The maximum Gasteiger partial charge on any atom is 0.391 e. The van der Waals surface area contributed by atoms with Crippen LogP contribution in [0, 0.1) is 11.8 Å². The Kier molecular flexibility index (Phi) is 4.85. The predicted octanol–water partition coefficient (Wildman–Crippen LogP) is 3.97. The molecule has 1 heterocycles. The van der Waals surface area contributed by atoms with Crippen LogP contribution in [0.15, 0.2) is 0 Å². The van der Waals surface area contributed by atoms with Crippen molar-refractivity contribution in [2.45, 2.75) is 51.6 Å². The molecule has 0 spiro atoms. The first-order valence-electron chi connectivity index (χ1n) is 6.98. The number of hydrogen-bond donors (Lipinski definition) is 1. The molecule has 118 valence electrons. The van der Waals surface area contributed by atoms with Crippen molar-refractivity contribution in [1.82, 2.24) is 10.2 Å². The molecule has 1 fully saturated rings. The molecule has 1 aliphatic carbocycles. The molecule has 2 atom stereocenters. The minimum Gasteiger partial charge on any atom is -0.300 e. The van der Waals surface area contributed by atoms with E-state index >= 15 is 0 Å². The summed E-state index contributed by atoms with van der Waals surface area (Å²) >= 11 is 1.26. The second-order valence-electron chi connectivity index (χ2n) is 5.69. The Hall–Kier alpha value is -1.18. The molecule has 0 aromatic carbocycles. The Balaban J connectivity index is 1.96. The van der Waals surface area contributed by atoms with Crippen LogP contribution in [0.5, 0.6) is 0 Å². The Morgan fingerprint density at radius 2 is 2.05 bits per heavy atom. The minimum absolute atomic E-state index is 0.115. The van der Waals surface area contributed by atoms with Crippen LogP contribution in [-0.2, 0) is 4.79 Å². The van der Waals surface area contributed by atoms with Crippen LogP contribution in [0.1, 0.15) is 50.5 Å². The van der Waals surface area contributed by atoms with Crippen LogP contribution in [0.4, 0.5) is 18.3 Å². The van der Waals surface area contributed by atoms with Crippen molar-refractivity contribution in [3.05, 3.63) is 5.01 Å². The smallest absolute Gasteiger partial charge is 0.300 e. The second kappa shape index (κ2) is 6.29. The molecule has 21 heavy (non-hydrogen) atoms. The highest BCUT2D eigenvalue weighted by Gasteiger charge is 2.43. The van der Waals surface area contributed by atoms with Gasteiger partial charge in [0, 0.05) is 11.8 Å². The van der Waals surface area contributed by atoms with E-state index in [0.717, 1.165) is 5.01 Å². The number of carbonyl (C=O) groups is 1. The monoisotopic (exact) mass is 321 g/mol. The second-order valence-corrected chi connectivity index (χ2v) is 6.70. The van der Waals surface area contributed by atoms with Crippen molar-refractivity contribution >= 4 is 22.4 Å². The van der Waals surface area contributed by atoms with E-state index in [0.29, 0.717) is 18.0 Å². The number of anilines is 1. The molecule has 1 aromatic rings. The van der Waals surface area contributed by atoms with E-state index in [1.165, 1.54) is 11.3 Å². The number of amides is 1. The summed E-state index contributed by atoms with van der Waals surface area (Å²) in [6.45, 7) is 3.92. The molecular formula is C13H18F3N3OS. The number of rotatable bonds is 3. The van der Waals surface area contributed by atoms with Gasteiger partial charge in [-0.3, -0.25) is 4.79 Å². The zero-order valence-corrected chi connectivity index (χ0v) is 12.7. The van der Waals surface area contributed by atoms with E-state index in [2.05, 4.69) is 15.5 Å². The Morgan fingerprint density at radius 3 is 2.62 bits per heavy atom. The van der Waals surface area contributed by atoms with Gasteiger partial charge in [-0.15, -0.1) is 10.2 Å². The van der Waals surface area contributed by atoms with Gasteiger partial charge < -0.3 is 5.32 Å².